The summed E-state index contributed by atoms with van der Waals surface area (Å²) in [4.78, 5) is 15.0. The Labute approximate surface area is 87.6 Å². The van der Waals surface area contributed by atoms with Crippen molar-refractivity contribution < 1.29 is 9.21 Å². The van der Waals surface area contributed by atoms with Gasteiger partial charge in [-0.25, -0.2) is 4.98 Å². The molecule has 1 aromatic rings. The Balaban J connectivity index is 2.58. The minimum Gasteiger partial charge on any atom is -0.444 e. The lowest BCUT2D eigenvalue weighted by Crippen LogP contribution is -2.23. The van der Waals surface area contributed by atoms with E-state index in [4.69, 9.17) is 16.0 Å². The van der Waals surface area contributed by atoms with E-state index in [9.17, 15) is 4.79 Å². The number of aryl methyl sites for hydroxylation is 2. The van der Waals surface area contributed by atoms with Crippen LogP contribution in [0.5, 0.6) is 0 Å². The summed E-state index contributed by atoms with van der Waals surface area (Å²) in [7, 11) is 0. The van der Waals surface area contributed by atoms with Crippen LogP contribution in [-0.4, -0.2) is 16.8 Å². The smallest absolute Gasteiger partial charge is 0.235 e. The van der Waals surface area contributed by atoms with Gasteiger partial charge in [-0.1, -0.05) is 6.92 Å². The van der Waals surface area contributed by atoms with Gasteiger partial charge in [-0.15, -0.1) is 11.6 Å². The molecule has 14 heavy (non-hydrogen) atoms. The number of amides is 1. The first-order valence-corrected chi connectivity index (χ1v) is 4.98. The molecule has 1 rings (SSSR count). The van der Waals surface area contributed by atoms with E-state index < -0.39 is 0 Å². The summed E-state index contributed by atoms with van der Waals surface area (Å²) < 4.78 is 5.39. The van der Waals surface area contributed by atoms with Crippen molar-refractivity contribution in [3.8, 4) is 0 Å². The summed E-state index contributed by atoms with van der Waals surface area (Å²) in [5.74, 6) is 1.15. The molecule has 0 fully saturated rings. The molecule has 1 heterocycles. The Morgan fingerprint density at radius 2 is 2.36 bits per heavy atom. The first-order chi connectivity index (χ1) is 6.67. The molecule has 0 saturated carbocycles. The van der Waals surface area contributed by atoms with Crippen molar-refractivity contribution in [2.45, 2.75) is 26.8 Å². The predicted octanol–water partition coefficient (Wildman–Crippen LogP) is 1.40. The zero-order valence-electron chi connectivity index (χ0n) is 8.26. The lowest BCUT2D eigenvalue weighted by atomic mass is 10.3. The van der Waals surface area contributed by atoms with Crippen molar-refractivity contribution in [1.82, 2.24) is 10.3 Å². The van der Waals surface area contributed by atoms with Gasteiger partial charge in [0, 0.05) is 6.42 Å². The highest BCUT2D eigenvalue weighted by Gasteiger charge is 2.08. The highest BCUT2D eigenvalue weighted by Crippen LogP contribution is 2.09. The maximum atomic E-state index is 10.9. The second-order valence-electron chi connectivity index (χ2n) is 2.88. The molecule has 0 radical (unpaired) electrons. The number of alkyl halides is 1. The molecule has 5 heteroatoms. The number of aromatic nitrogens is 1. The normalized spacial score (nSPS) is 10.2. The molecule has 0 bridgehead atoms. The summed E-state index contributed by atoms with van der Waals surface area (Å²) in [6, 6.07) is 0. The maximum Gasteiger partial charge on any atom is 0.235 e. The van der Waals surface area contributed by atoms with Gasteiger partial charge in [0.15, 0.2) is 5.89 Å². The molecule has 78 valence electrons. The molecule has 1 N–H and O–H groups in total. The van der Waals surface area contributed by atoms with Crippen LogP contribution in [-0.2, 0) is 17.8 Å². The second kappa shape index (κ2) is 5.00. The van der Waals surface area contributed by atoms with Crippen LogP contribution in [0.3, 0.4) is 0 Å². The predicted molar refractivity (Wildman–Crippen MR) is 53.2 cm³/mol. The van der Waals surface area contributed by atoms with Gasteiger partial charge in [-0.2, -0.15) is 0 Å². The van der Waals surface area contributed by atoms with Crippen LogP contribution >= 0.6 is 11.6 Å². The van der Waals surface area contributed by atoms with Crippen molar-refractivity contribution >= 4 is 17.5 Å². The van der Waals surface area contributed by atoms with E-state index in [2.05, 4.69) is 10.3 Å². The Kier molecular flexibility index (Phi) is 3.95. The van der Waals surface area contributed by atoms with Crippen LogP contribution in [0.1, 0.15) is 24.3 Å². The highest BCUT2D eigenvalue weighted by molar-refractivity contribution is 6.27. The number of nitrogens with zero attached hydrogens (tertiary/aromatic N) is 1. The first-order valence-electron chi connectivity index (χ1n) is 4.45. The maximum absolute atomic E-state index is 10.9. The fourth-order valence-electron chi connectivity index (χ4n) is 1.03. The van der Waals surface area contributed by atoms with E-state index in [0.29, 0.717) is 18.2 Å². The zero-order chi connectivity index (χ0) is 10.6. The van der Waals surface area contributed by atoms with Gasteiger partial charge in [-0.3, -0.25) is 4.79 Å². The Hall–Kier alpha value is -1.03. The number of hydrogen-bond acceptors (Lipinski definition) is 3. The van der Waals surface area contributed by atoms with Gasteiger partial charge in [0.2, 0.25) is 5.91 Å². The minimum absolute atomic E-state index is 0.0339. The largest absolute Gasteiger partial charge is 0.444 e. The Morgan fingerprint density at radius 3 is 2.86 bits per heavy atom. The standard InChI is InChI=1S/C9H13ClN2O2/c1-3-9-12-6(2)7(14-9)5-11-8(13)4-10/h3-5H2,1-2H3,(H,11,13). The third kappa shape index (κ3) is 2.73. The van der Waals surface area contributed by atoms with Crippen molar-refractivity contribution in [3.05, 3.63) is 17.3 Å². The summed E-state index contributed by atoms with van der Waals surface area (Å²) in [5, 5.41) is 2.62. The van der Waals surface area contributed by atoms with E-state index in [1.54, 1.807) is 0 Å². The molecule has 0 aliphatic carbocycles. The molecular formula is C9H13ClN2O2. The van der Waals surface area contributed by atoms with Crippen LogP contribution in [0, 0.1) is 6.92 Å². The summed E-state index contributed by atoms with van der Waals surface area (Å²) in [6.45, 7) is 4.17. The topological polar surface area (TPSA) is 55.1 Å². The first kappa shape index (κ1) is 11.0. The Bertz CT molecular complexity index is 323. The SMILES string of the molecule is CCc1nc(C)c(CNC(=O)CCl)o1. The van der Waals surface area contributed by atoms with E-state index in [1.165, 1.54) is 0 Å². The minimum atomic E-state index is -0.208. The molecule has 0 aliphatic heterocycles. The second-order valence-corrected chi connectivity index (χ2v) is 3.15. The van der Waals surface area contributed by atoms with Crippen LogP contribution in [0.15, 0.2) is 4.42 Å². The molecule has 0 atom stereocenters. The molecule has 0 unspecified atom stereocenters. The van der Waals surface area contributed by atoms with Gasteiger partial charge in [0.05, 0.1) is 12.2 Å². The molecule has 0 aliphatic rings. The highest BCUT2D eigenvalue weighted by atomic mass is 35.5. The van der Waals surface area contributed by atoms with Crippen LogP contribution in [0.25, 0.3) is 0 Å². The number of carbonyl (C=O) groups excluding carboxylic acids is 1. The lowest BCUT2D eigenvalue weighted by Gasteiger charge is -1.99. The van der Waals surface area contributed by atoms with Crippen molar-refractivity contribution in [2.24, 2.45) is 0 Å². The molecule has 4 nitrogen and oxygen atoms in total. The zero-order valence-corrected chi connectivity index (χ0v) is 9.02. The van der Waals surface area contributed by atoms with Gasteiger partial charge in [0.25, 0.3) is 0 Å². The van der Waals surface area contributed by atoms with Gasteiger partial charge in [-0.05, 0) is 6.92 Å². The number of hydrogen-bond donors (Lipinski definition) is 1. The average molecular weight is 217 g/mol. The number of oxazole rings is 1. The average Bonchev–Trinajstić information content (AvgIpc) is 2.55. The number of rotatable bonds is 4. The van der Waals surface area contributed by atoms with Crippen molar-refractivity contribution in [3.63, 3.8) is 0 Å². The van der Waals surface area contributed by atoms with Crippen LogP contribution in [0.2, 0.25) is 0 Å². The van der Waals surface area contributed by atoms with Gasteiger partial charge < -0.3 is 9.73 Å². The van der Waals surface area contributed by atoms with E-state index in [0.717, 1.165) is 12.1 Å². The third-order valence-electron chi connectivity index (χ3n) is 1.81. The molecule has 1 aromatic heterocycles. The number of nitrogens with one attached hydrogen (secondary N) is 1. The molecule has 0 spiro atoms. The number of halogens is 1. The summed E-state index contributed by atoms with van der Waals surface area (Å²) >= 11 is 5.33. The number of carbonyl (C=O) groups is 1. The molecular weight excluding hydrogens is 204 g/mol. The van der Waals surface area contributed by atoms with Crippen LogP contribution < -0.4 is 5.32 Å². The fraction of sp³-hybridized carbons (Fsp3) is 0.556. The van der Waals surface area contributed by atoms with E-state index in [1.807, 2.05) is 13.8 Å². The quantitative estimate of drug-likeness (QED) is 0.775. The fourth-order valence-corrected chi connectivity index (χ4v) is 1.12. The lowest BCUT2D eigenvalue weighted by molar-refractivity contribution is -0.118. The van der Waals surface area contributed by atoms with Crippen molar-refractivity contribution in [1.29, 1.82) is 0 Å². The van der Waals surface area contributed by atoms with E-state index in [-0.39, 0.29) is 11.8 Å². The van der Waals surface area contributed by atoms with Gasteiger partial charge >= 0.3 is 0 Å². The molecule has 0 saturated heterocycles. The third-order valence-corrected chi connectivity index (χ3v) is 2.05. The summed E-state index contributed by atoms with van der Waals surface area (Å²) in [5.41, 5.74) is 0.816. The molecule has 0 aromatic carbocycles. The summed E-state index contributed by atoms with van der Waals surface area (Å²) in [6.07, 6.45) is 0.754. The van der Waals surface area contributed by atoms with Crippen LogP contribution in [0.4, 0.5) is 0 Å². The van der Waals surface area contributed by atoms with Gasteiger partial charge in [0.1, 0.15) is 11.6 Å². The van der Waals surface area contributed by atoms with E-state index >= 15 is 0 Å². The molecule has 1 amide bonds. The monoisotopic (exact) mass is 216 g/mol. The Morgan fingerprint density at radius 1 is 1.64 bits per heavy atom. The van der Waals surface area contributed by atoms with Crippen molar-refractivity contribution in [2.75, 3.05) is 5.88 Å².